The summed E-state index contributed by atoms with van der Waals surface area (Å²) in [6.45, 7) is 1.71. The Kier molecular flexibility index (Phi) is 2.47. The Hall–Kier alpha value is -1.38. The van der Waals surface area contributed by atoms with E-state index in [0.29, 0.717) is 0 Å². The Bertz CT molecular complexity index is 404. The average Bonchev–Trinajstić information content (AvgIpc) is 2.23. The zero-order chi connectivity index (χ0) is 10.9. The molecule has 2 nitrogen and oxygen atoms in total. The summed E-state index contributed by atoms with van der Waals surface area (Å²) in [4.78, 5) is 0. The number of allylic oxidation sites excluding steroid dienone is 2. The van der Waals surface area contributed by atoms with E-state index in [4.69, 9.17) is 5.73 Å². The molecule has 0 heterocycles. The monoisotopic (exact) mass is 201 g/mol. The van der Waals surface area contributed by atoms with Crippen molar-refractivity contribution in [2.24, 2.45) is 5.73 Å². The highest BCUT2D eigenvalue weighted by Gasteiger charge is 2.27. The third-order valence-corrected chi connectivity index (χ3v) is 2.74. The molecule has 0 fully saturated rings. The summed E-state index contributed by atoms with van der Waals surface area (Å²) in [5.74, 6) is 0. The van der Waals surface area contributed by atoms with Crippen molar-refractivity contribution >= 4 is 5.57 Å². The van der Waals surface area contributed by atoms with Crippen LogP contribution in [0.1, 0.15) is 12.5 Å². The number of nitrogens with two attached hydrogens (primary N) is 1. The van der Waals surface area contributed by atoms with Crippen molar-refractivity contribution < 1.29 is 5.11 Å². The van der Waals surface area contributed by atoms with Crippen molar-refractivity contribution in [2.45, 2.75) is 18.6 Å². The molecule has 1 aromatic rings. The molecule has 1 aliphatic carbocycles. The molecule has 2 heteroatoms. The van der Waals surface area contributed by atoms with Gasteiger partial charge in [-0.1, -0.05) is 48.6 Å². The maximum Gasteiger partial charge on any atom is 0.0989 e. The van der Waals surface area contributed by atoms with E-state index in [-0.39, 0.29) is 6.04 Å². The maximum atomic E-state index is 9.85. The summed E-state index contributed by atoms with van der Waals surface area (Å²) in [6.07, 6.45) is 5.56. The fourth-order valence-corrected chi connectivity index (χ4v) is 1.61. The minimum Gasteiger partial charge on any atom is -0.384 e. The molecule has 1 aliphatic rings. The molecule has 78 valence electrons. The fraction of sp³-hybridized carbons (Fsp3) is 0.231. The van der Waals surface area contributed by atoms with Crippen LogP contribution in [0.5, 0.6) is 0 Å². The van der Waals surface area contributed by atoms with E-state index >= 15 is 0 Å². The lowest BCUT2D eigenvalue weighted by Crippen LogP contribution is -2.43. The van der Waals surface area contributed by atoms with Crippen LogP contribution in [0.2, 0.25) is 0 Å². The van der Waals surface area contributed by atoms with Gasteiger partial charge in [-0.2, -0.15) is 0 Å². The summed E-state index contributed by atoms with van der Waals surface area (Å²) in [6, 6.07) is 9.67. The Morgan fingerprint density at radius 1 is 1.27 bits per heavy atom. The van der Waals surface area contributed by atoms with Gasteiger partial charge in [0.05, 0.1) is 11.6 Å². The van der Waals surface area contributed by atoms with Crippen molar-refractivity contribution in [3.63, 3.8) is 0 Å². The van der Waals surface area contributed by atoms with Gasteiger partial charge in [0.15, 0.2) is 0 Å². The SMILES string of the molecule is CC1(O)C=CC(c2ccccc2)=CC1N. The van der Waals surface area contributed by atoms with Crippen LogP contribution < -0.4 is 5.73 Å². The van der Waals surface area contributed by atoms with Gasteiger partial charge in [0.2, 0.25) is 0 Å². The molecule has 15 heavy (non-hydrogen) atoms. The predicted octanol–water partition coefficient (Wildman–Crippen LogP) is 1.72. The molecule has 0 spiro atoms. The fourth-order valence-electron chi connectivity index (χ4n) is 1.61. The predicted molar refractivity (Wildman–Crippen MR) is 62.2 cm³/mol. The van der Waals surface area contributed by atoms with E-state index in [1.165, 1.54) is 0 Å². The van der Waals surface area contributed by atoms with Gasteiger partial charge >= 0.3 is 0 Å². The van der Waals surface area contributed by atoms with Gasteiger partial charge in [0, 0.05) is 0 Å². The first-order valence-corrected chi connectivity index (χ1v) is 5.04. The van der Waals surface area contributed by atoms with Crippen LogP contribution in [-0.4, -0.2) is 16.7 Å². The van der Waals surface area contributed by atoms with Crippen LogP contribution in [-0.2, 0) is 0 Å². The molecule has 1 aromatic carbocycles. The zero-order valence-electron chi connectivity index (χ0n) is 8.72. The molecule has 0 aliphatic heterocycles. The lowest BCUT2D eigenvalue weighted by molar-refractivity contribution is 0.0968. The number of aliphatic hydroxyl groups is 1. The van der Waals surface area contributed by atoms with Gasteiger partial charge in [0.25, 0.3) is 0 Å². The molecule has 2 atom stereocenters. The first-order chi connectivity index (χ1) is 7.09. The van der Waals surface area contributed by atoms with Crippen molar-refractivity contribution in [1.29, 1.82) is 0 Å². The molecule has 0 radical (unpaired) electrons. The molecule has 3 N–H and O–H groups in total. The van der Waals surface area contributed by atoms with Crippen molar-refractivity contribution in [3.8, 4) is 0 Å². The lowest BCUT2D eigenvalue weighted by Gasteiger charge is -2.28. The van der Waals surface area contributed by atoms with Crippen molar-refractivity contribution in [2.75, 3.05) is 0 Å². The van der Waals surface area contributed by atoms with Gasteiger partial charge < -0.3 is 10.8 Å². The van der Waals surface area contributed by atoms with Crippen LogP contribution in [0.25, 0.3) is 5.57 Å². The van der Waals surface area contributed by atoms with E-state index in [0.717, 1.165) is 11.1 Å². The van der Waals surface area contributed by atoms with Crippen molar-refractivity contribution in [1.82, 2.24) is 0 Å². The Balaban J connectivity index is 2.32. The van der Waals surface area contributed by atoms with E-state index < -0.39 is 5.60 Å². The summed E-state index contributed by atoms with van der Waals surface area (Å²) in [5, 5.41) is 9.85. The average molecular weight is 201 g/mol. The molecular weight excluding hydrogens is 186 g/mol. The van der Waals surface area contributed by atoms with Crippen molar-refractivity contribution in [3.05, 3.63) is 54.1 Å². The van der Waals surface area contributed by atoms with Gasteiger partial charge in [-0.3, -0.25) is 0 Å². The van der Waals surface area contributed by atoms with Gasteiger partial charge in [-0.15, -0.1) is 0 Å². The summed E-state index contributed by atoms with van der Waals surface area (Å²) >= 11 is 0. The van der Waals surface area contributed by atoms with Gasteiger partial charge in [0.1, 0.15) is 0 Å². The number of hydrogen-bond acceptors (Lipinski definition) is 2. The molecule has 0 saturated carbocycles. The van der Waals surface area contributed by atoms with Crippen LogP contribution in [0.4, 0.5) is 0 Å². The van der Waals surface area contributed by atoms with Gasteiger partial charge in [-0.25, -0.2) is 0 Å². The highest BCUT2D eigenvalue weighted by Crippen LogP contribution is 2.25. The first-order valence-electron chi connectivity index (χ1n) is 5.04. The molecule has 2 unspecified atom stereocenters. The van der Waals surface area contributed by atoms with Crippen LogP contribution in [0.15, 0.2) is 48.6 Å². The third kappa shape index (κ3) is 2.01. The van der Waals surface area contributed by atoms with E-state index in [9.17, 15) is 5.11 Å². The van der Waals surface area contributed by atoms with E-state index in [1.54, 1.807) is 13.0 Å². The first kappa shape index (κ1) is 10.1. The normalized spacial score (nSPS) is 30.1. The van der Waals surface area contributed by atoms with Crippen LogP contribution in [0, 0.1) is 0 Å². The Morgan fingerprint density at radius 3 is 2.53 bits per heavy atom. The smallest absolute Gasteiger partial charge is 0.0989 e. The molecule has 0 bridgehead atoms. The third-order valence-electron chi connectivity index (χ3n) is 2.74. The summed E-state index contributed by atoms with van der Waals surface area (Å²) in [5.41, 5.74) is 7.12. The summed E-state index contributed by atoms with van der Waals surface area (Å²) in [7, 11) is 0. The second-order valence-corrected chi connectivity index (χ2v) is 4.07. The Labute approximate surface area is 89.7 Å². The number of rotatable bonds is 1. The Morgan fingerprint density at radius 2 is 1.93 bits per heavy atom. The summed E-state index contributed by atoms with van der Waals surface area (Å²) < 4.78 is 0. The van der Waals surface area contributed by atoms with Crippen LogP contribution in [0.3, 0.4) is 0 Å². The minimum absolute atomic E-state index is 0.349. The zero-order valence-corrected chi connectivity index (χ0v) is 8.72. The topological polar surface area (TPSA) is 46.2 Å². The molecule has 0 saturated heterocycles. The standard InChI is InChI=1S/C13H15NO/c1-13(15)8-7-11(9-12(13)14)10-5-3-2-4-6-10/h2-9,12,15H,14H2,1H3. The largest absolute Gasteiger partial charge is 0.384 e. The molecule has 2 rings (SSSR count). The quantitative estimate of drug-likeness (QED) is 0.726. The maximum absolute atomic E-state index is 9.85. The highest BCUT2D eigenvalue weighted by atomic mass is 16.3. The highest BCUT2D eigenvalue weighted by molar-refractivity contribution is 5.76. The minimum atomic E-state index is -0.932. The van der Waals surface area contributed by atoms with E-state index in [2.05, 4.69) is 0 Å². The van der Waals surface area contributed by atoms with Gasteiger partial charge in [-0.05, 0) is 18.1 Å². The van der Waals surface area contributed by atoms with E-state index in [1.807, 2.05) is 42.5 Å². The molecular formula is C13H15NO. The number of benzene rings is 1. The second-order valence-electron chi connectivity index (χ2n) is 4.07. The lowest BCUT2D eigenvalue weighted by atomic mass is 9.87. The second kappa shape index (κ2) is 3.65. The number of hydrogen-bond donors (Lipinski definition) is 2. The van der Waals surface area contributed by atoms with Crippen LogP contribution >= 0.6 is 0 Å². The molecule has 0 aromatic heterocycles. The molecule has 0 amide bonds.